The molecular formula is C14H22N2O2. The molecule has 0 aromatic heterocycles. The number of anilines is 2. The standard InChI is InChI=1S/C14H22N2O2/c1-3-17-14-9-11(6-7-12(14)15)16-10(2)13-5-4-8-18-13/h6-7,9-10,13,16H,3-5,8,15H2,1-2H3. The van der Waals surface area contributed by atoms with Crippen LogP contribution in [-0.4, -0.2) is 25.4 Å². The van der Waals surface area contributed by atoms with Gasteiger partial charge in [-0.25, -0.2) is 0 Å². The Balaban J connectivity index is 2.01. The maximum Gasteiger partial charge on any atom is 0.144 e. The van der Waals surface area contributed by atoms with Crippen LogP contribution in [0.2, 0.25) is 0 Å². The van der Waals surface area contributed by atoms with Gasteiger partial charge in [-0.15, -0.1) is 0 Å². The van der Waals surface area contributed by atoms with Gasteiger partial charge in [0.25, 0.3) is 0 Å². The molecule has 1 aliphatic rings. The fraction of sp³-hybridized carbons (Fsp3) is 0.571. The van der Waals surface area contributed by atoms with Gasteiger partial charge in [-0.05, 0) is 38.8 Å². The first kappa shape index (κ1) is 13.0. The van der Waals surface area contributed by atoms with Gasteiger partial charge in [0.15, 0.2) is 0 Å². The SMILES string of the molecule is CCOc1cc(NC(C)C2CCCO2)ccc1N. The normalized spacial score (nSPS) is 20.7. The second-order valence-electron chi connectivity index (χ2n) is 4.67. The lowest BCUT2D eigenvalue weighted by Crippen LogP contribution is -2.29. The fourth-order valence-corrected chi connectivity index (χ4v) is 2.26. The van der Waals surface area contributed by atoms with Crippen LogP contribution in [0.1, 0.15) is 26.7 Å². The molecule has 0 bridgehead atoms. The molecule has 1 heterocycles. The number of rotatable bonds is 5. The number of nitrogens with one attached hydrogen (secondary N) is 1. The van der Waals surface area contributed by atoms with Gasteiger partial charge in [0.1, 0.15) is 5.75 Å². The summed E-state index contributed by atoms with van der Waals surface area (Å²) < 4.78 is 11.2. The van der Waals surface area contributed by atoms with Gasteiger partial charge in [-0.1, -0.05) is 0 Å². The van der Waals surface area contributed by atoms with Crippen LogP contribution in [0.4, 0.5) is 11.4 Å². The lowest BCUT2D eigenvalue weighted by atomic mass is 10.1. The van der Waals surface area contributed by atoms with E-state index < -0.39 is 0 Å². The number of ether oxygens (including phenoxy) is 2. The first-order valence-corrected chi connectivity index (χ1v) is 6.61. The highest BCUT2D eigenvalue weighted by Crippen LogP contribution is 2.27. The third-order valence-corrected chi connectivity index (χ3v) is 3.23. The van der Waals surface area contributed by atoms with Crippen LogP contribution in [0.5, 0.6) is 5.75 Å². The summed E-state index contributed by atoms with van der Waals surface area (Å²) in [6.07, 6.45) is 2.59. The van der Waals surface area contributed by atoms with Crippen molar-refractivity contribution in [1.82, 2.24) is 0 Å². The van der Waals surface area contributed by atoms with E-state index in [0.717, 1.165) is 30.9 Å². The van der Waals surface area contributed by atoms with E-state index in [1.165, 1.54) is 0 Å². The van der Waals surface area contributed by atoms with Gasteiger partial charge in [-0.2, -0.15) is 0 Å². The highest BCUT2D eigenvalue weighted by molar-refractivity contribution is 5.61. The van der Waals surface area contributed by atoms with Gasteiger partial charge in [0.05, 0.1) is 18.4 Å². The maximum atomic E-state index is 5.85. The minimum absolute atomic E-state index is 0.297. The van der Waals surface area contributed by atoms with E-state index in [2.05, 4.69) is 12.2 Å². The second-order valence-corrected chi connectivity index (χ2v) is 4.67. The third kappa shape index (κ3) is 3.07. The highest BCUT2D eigenvalue weighted by atomic mass is 16.5. The Hall–Kier alpha value is -1.42. The minimum atomic E-state index is 0.297. The molecule has 2 rings (SSSR count). The molecule has 0 spiro atoms. The molecular weight excluding hydrogens is 228 g/mol. The lowest BCUT2D eigenvalue weighted by molar-refractivity contribution is 0.0996. The molecule has 1 aliphatic heterocycles. The maximum absolute atomic E-state index is 5.85. The molecule has 0 saturated carbocycles. The number of benzene rings is 1. The van der Waals surface area contributed by atoms with Crippen molar-refractivity contribution in [2.75, 3.05) is 24.3 Å². The summed E-state index contributed by atoms with van der Waals surface area (Å²) in [5.74, 6) is 0.738. The smallest absolute Gasteiger partial charge is 0.144 e. The molecule has 0 aliphatic carbocycles. The van der Waals surface area contributed by atoms with Crippen molar-refractivity contribution < 1.29 is 9.47 Å². The molecule has 1 fully saturated rings. The highest BCUT2D eigenvalue weighted by Gasteiger charge is 2.22. The predicted octanol–water partition coefficient (Wildman–Crippen LogP) is 2.65. The molecule has 0 amide bonds. The van der Waals surface area contributed by atoms with E-state index in [0.29, 0.717) is 24.4 Å². The topological polar surface area (TPSA) is 56.5 Å². The lowest BCUT2D eigenvalue weighted by Gasteiger charge is -2.21. The summed E-state index contributed by atoms with van der Waals surface area (Å²) in [6, 6.07) is 6.09. The van der Waals surface area contributed by atoms with Crippen molar-refractivity contribution in [3.05, 3.63) is 18.2 Å². The monoisotopic (exact) mass is 250 g/mol. The van der Waals surface area contributed by atoms with Crippen molar-refractivity contribution in [3.8, 4) is 5.75 Å². The molecule has 1 saturated heterocycles. The number of nitrogens with two attached hydrogens (primary N) is 1. The first-order valence-electron chi connectivity index (χ1n) is 6.61. The van der Waals surface area contributed by atoms with E-state index in [-0.39, 0.29) is 0 Å². The Morgan fingerprint density at radius 3 is 3.06 bits per heavy atom. The van der Waals surface area contributed by atoms with Gasteiger partial charge < -0.3 is 20.5 Å². The molecule has 0 radical (unpaired) electrons. The fourth-order valence-electron chi connectivity index (χ4n) is 2.26. The molecule has 2 atom stereocenters. The van der Waals surface area contributed by atoms with Crippen molar-refractivity contribution in [1.29, 1.82) is 0 Å². The summed E-state index contributed by atoms with van der Waals surface area (Å²) >= 11 is 0. The molecule has 4 nitrogen and oxygen atoms in total. The molecule has 2 unspecified atom stereocenters. The number of hydrogen-bond acceptors (Lipinski definition) is 4. The van der Waals surface area contributed by atoms with Crippen LogP contribution in [0, 0.1) is 0 Å². The van der Waals surface area contributed by atoms with E-state index in [4.69, 9.17) is 15.2 Å². The van der Waals surface area contributed by atoms with Gasteiger partial charge in [-0.3, -0.25) is 0 Å². The molecule has 1 aromatic rings. The Labute approximate surface area is 108 Å². The van der Waals surface area contributed by atoms with E-state index in [9.17, 15) is 0 Å². The van der Waals surface area contributed by atoms with Gasteiger partial charge in [0.2, 0.25) is 0 Å². The zero-order valence-electron chi connectivity index (χ0n) is 11.1. The molecule has 18 heavy (non-hydrogen) atoms. The van der Waals surface area contributed by atoms with Crippen LogP contribution in [0.3, 0.4) is 0 Å². The van der Waals surface area contributed by atoms with Gasteiger partial charge >= 0.3 is 0 Å². The summed E-state index contributed by atoms with van der Waals surface area (Å²) in [4.78, 5) is 0. The second kappa shape index (κ2) is 5.96. The Morgan fingerprint density at radius 2 is 2.39 bits per heavy atom. The van der Waals surface area contributed by atoms with Crippen LogP contribution < -0.4 is 15.8 Å². The van der Waals surface area contributed by atoms with Crippen molar-refractivity contribution >= 4 is 11.4 Å². The van der Waals surface area contributed by atoms with Crippen LogP contribution in [0.25, 0.3) is 0 Å². The molecule has 4 heteroatoms. The summed E-state index contributed by atoms with van der Waals surface area (Å²) in [7, 11) is 0. The zero-order chi connectivity index (χ0) is 13.0. The van der Waals surface area contributed by atoms with Crippen LogP contribution in [0.15, 0.2) is 18.2 Å². The summed E-state index contributed by atoms with van der Waals surface area (Å²) in [5, 5.41) is 3.45. The van der Waals surface area contributed by atoms with Gasteiger partial charge in [0, 0.05) is 24.4 Å². The Bertz CT molecular complexity index is 389. The van der Waals surface area contributed by atoms with Crippen LogP contribution in [-0.2, 0) is 4.74 Å². The van der Waals surface area contributed by atoms with E-state index in [1.807, 2.05) is 25.1 Å². The third-order valence-electron chi connectivity index (χ3n) is 3.23. The van der Waals surface area contributed by atoms with Crippen molar-refractivity contribution in [3.63, 3.8) is 0 Å². The quantitative estimate of drug-likeness (QED) is 0.789. The van der Waals surface area contributed by atoms with Crippen molar-refractivity contribution in [2.24, 2.45) is 0 Å². The Morgan fingerprint density at radius 1 is 1.56 bits per heavy atom. The molecule has 100 valence electrons. The van der Waals surface area contributed by atoms with Crippen molar-refractivity contribution in [2.45, 2.75) is 38.8 Å². The zero-order valence-corrected chi connectivity index (χ0v) is 11.1. The average Bonchev–Trinajstić information content (AvgIpc) is 2.87. The number of nitrogen functional groups attached to an aromatic ring is 1. The summed E-state index contributed by atoms with van der Waals surface area (Å²) in [5.41, 5.74) is 7.55. The number of hydrogen-bond donors (Lipinski definition) is 2. The van der Waals surface area contributed by atoms with E-state index in [1.54, 1.807) is 0 Å². The minimum Gasteiger partial charge on any atom is -0.492 e. The summed E-state index contributed by atoms with van der Waals surface area (Å²) in [6.45, 7) is 5.60. The first-order chi connectivity index (χ1) is 8.70. The largest absolute Gasteiger partial charge is 0.492 e. The van der Waals surface area contributed by atoms with Crippen LogP contribution >= 0.6 is 0 Å². The average molecular weight is 250 g/mol. The van der Waals surface area contributed by atoms with E-state index >= 15 is 0 Å². The Kier molecular flexibility index (Phi) is 4.31. The molecule has 1 aromatic carbocycles. The molecule has 3 N–H and O–H groups in total. The predicted molar refractivity (Wildman–Crippen MR) is 74.1 cm³/mol.